The van der Waals surface area contributed by atoms with E-state index in [4.69, 9.17) is 0 Å². The van der Waals surface area contributed by atoms with E-state index >= 15 is 0 Å². The molecule has 1 fully saturated rings. The van der Waals surface area contributed by atoms with E-state index in [0.29, 0.717) is 0 Å². The van der Waals surface area contributed by atoms with Crippen molar-refractivity contribution in [3.8, 4) is 0 Å². The van der Waals surface area contributed by atoms with E-state index in [-0.39, 0.29) is 0 Å². The van der Waals surface area contributed by atoms with E-state index < -0.39 is 0 Å². The lowest BCUT2D eigenvalue weighted by Gasteiger charge is -2.35. The molecule has 0 aromatic carbocycles. The van der Waals surface area contributed by atoms with Gasteiger partial charge in [0.25, 0.3) is 0 Å². The van der Waals surface area contributed by atoms with Crippen molar-refractivity contribution in [2.24, 2.45) is 11.8 Å². The van der Waals surface area contributed by atoms with E-state index in [1.807, 2.05) is 0 Å². The summed E-state index contributed by atoms with van der Waals surface area (Å²) in [4.78, 5) is 0. The molecule has 0 saturated heterocycles. The fourth-order valence-electron chi connectivity index (χ4n) is 1.71. The molecule has 1 aliphatic rings. The molecule has 1 saturated carbocycles. The lowest BCUT2D eigenvalue weighted by Crippen LogP contribution is -2.23. The highest BCUT2D eigenvalue weighted by Gasteiger charge is 2.26. The van der Waals surface area contributed by atoms with Crippen LogP contribution in [0.15, 0.2) is 0 Å². The SMILES string of the molecule is CCC1CCC1CC. The molecule has 0 nitrogen and oxygen atoms in total. The maximum atomic E-state index is 2.31. The number of hydrogen-bond donors (Lipinski definition) is 0. The van der Waals surface area contributed by atoms with Crippen LogP contribution < -0.4 is 0 Å². The zero-order valence-electron chi connectivity index (χ0n) is 5.98. The van der Waals surface area contributed by atoms with E-state index in [1.165, 1.54) is 25.7 Å². The monoisotopic (exact) mass is 112 g/mol. The van der Waals surface area contributed by atoms with Crippen LogP contribution in [0.5, 0.6) is 0 Å². The summed E-state index contributed by atoms with van der Waals surface area (Å²) in [7, 11) is 0. The summed E-state index contributed by atoms with van der Waals surface area (Å²) < 4.78 is 0. The van der Waals surface area contributed by atoms with Crippen molar-refractivity contribution >= 4 is 0 Å². The maximum Gasteiger partial charge on any atom is -0.0388 e. The predicted molar refractivity (Wildman–Crippen MR) is 36.8 cm³/mol. The fourth-order valence-corrected chi connectivity index (χ4v) is 1.71. The zero-order valence-corrected chi connectivity index (χ0v) is 5.98. The van der Waals surface area contributed by atoms with E-state index in [1.54, 1.807) is 0 Å². The Labute approximate surface area is 52.3 Å². The standard InChI is InChI=1S/C8H16/c1-3-7-5-6-8(7)4-2/h7-8H,3-6H2,1-2H3. The minimum atomic E-state index is 1.10. The molecule has 0 radical (unpaired) electrons. The Morgan fingerprint density at radius 3 is 1.50 bits per heavy atom. The summed E-state index contributed by atoms with van der Waals surface area (Å²) in [6.07, 6.45) is 5.85. The summed E-state index contributed by atoms with van der Waals surface area (Å²) in [5.41, 5.74) is 0. The molecule has 0 heteroatoms. The largest absolute Gasteiger partial charge is 0.0651 e. The molecule has 0 aliphatic heterocycles. The van der Waals surface area contributed by atoms with Gasteiger partial charge in [-0.1, -0.05) is 26.7 Å². The Hall–Kier alpha value is 0. The Kier molecular flexibility index (Phi) is 1.93. The van der Waals surface area contributed by atoms with Gasteiger partial charge in [0, 0.05) is 0 Å². The molecule has 0 amide bonds. The zero-order chi connectivity index (χ0) is 5.98. The fraction of sp³-hybridized carbons (Fsp3) is 1.00. The van der Waals surface area contributed by atoms with Gasteiger partial charge in [-0.25, -0.2) is 0 Å². The first-order valence-electron chi connectivity index (χ1n) is 3.88. The van der Waals surface area contributed by atoms with Gasteiger partial charge >= 0.3 is 0 Å². The average Bonchev–Trinajstić information content (AvgIpc) is 1.66. The Balaban J connectivity index is 2.16. The van der Waals surface area contributed by atoms with Gasteiger partial charge < -0.3 is 0 Å². The first-order chi connectivity index (χ1) is 3.88. The van der Waals surface area contributed by atoms with Gasteiger partial charge in [0.2, 0.25) is 0 Å². The topological polar surface area (TPSA) is 0 Å². The van der Waals surface area contributed by atoms with Crippen LogP contribution in [0.3, 0.4) is 0 Å². The second kappa shape index (κ2) is 2.52. The highest BCUT2D eigenvalue weighted by atomic mass is 14.3. The summed E-state index contributed by atoms with van der Waals surface area (Å²) in [5, 5.41) is 0. The predicted octanol–water partition coefficient (Wildman–Crippen LogP) is 2.83. The van der Waals surface area contributed by atoms with Gasteiger partial charge in [0.05, 0.1) is 0 Å². The highest BCUT2D eigenvalue weighted by Crippen LogP contribution is 2.38. The minimum absolute atomic E-state index is 1.10. The molecule has 48 valence electrons. The molecule has 2 unspecified atom stereocenters. The van der Waals surface area contributed by atoms with Crippen molar-refractivity contribution in [3.63, 3.8) is 0 Å². The lowest BCUT2D eigenvalue weighted by molar-refractivity contribution is 0.165. The molecule has 1 aliphatic carbocycles. The van der Waals surface area contributed by atoms with E-state index in [9.17, 15) is 0 Å². The van der Waals surface area contributed by atoms with Crippen LogP contribution in [0, 0.1) is 11.8 Å². The second-order valence-electron chi connectivity index (χ2n) is 2.91. The normalized spacial score (nSPS) is 36.8. The first-order valence-corrected chi connectivity index (χ1v) is 3.88. The third kappa shape index (κ3) is 0.888. The summed E-state index contributed by atoms with van der Waals surface area (Å²) in [5.74, 6) is 2.19. The van der Waals surface area contributed by atoms with Crippen molar-refractivity contribution < 1.29 is 0 Å². The van der Waals surface area contributed by atoms with E-state index in [2.05, 4.69) is 13.8 Å². The molecule has 0 spiro atoms. The lowest BCUT2D eigenvalue weighted by atomic mass is 9.71. The van der Waals surface area contributed by atoms with Gasteiger partial charge in [-0.15, -0.1) is 0 Å². The Bertz CT molecular complexity index is 52.4. The quantitative estimate of drug-likeness (QED) is 0.515. The van der Waals surface area contributed by atoms with Crippen LogP contribution in [0.25, 0.3) is 0 Å². The van der Waals surface area contributed by atoms with Crippen LogP contribution in [0.1, 0.15) is 39.5 Å². The molecule has 0 N–H and O–H groups in total. The van der Waals surface area contributed by atoms with Gasteiger partial charge in [-0.2, -0.15) is 0 Å². The third-order valence-corrected chi connectivity index (χ3v) is 2.62. The number of hydrogen-bond acceptors (Lipinski definition) is 0. The van der Waals surface area contributed by atoms with Crippen molar-refractivity contribution in [2.75, 3.05) is 0 Å². The van der Waals surface area contributed by atoms with Crippen LogP contribution in [0.4, 0.5) is 0 Å². The van der Waals surface area contributed by atoms with Crippen LogP contribution in [-0.2, 0) is 0 Å². The summed E-state index contributed by atoms with van der Waals surface area (Å²) in [6, 6.07) is 0. The first kappa shape index (κ1) is 6.12. The summed E-state index contributed by atoms with van der Waals surface area (Å²) in [6.45, 7) is 4.62. The van der Waals surface area contributed by atoms with Crippen molar-refractivity contribution in [1.82, 2.24) is 0 Å². The molecule has 2 atom stereocenters. The third-order valence-electron chi connectivity index (χ3n) is 2.62. The molecular weight excluding hydrogens is 96.1 g/mol. The second-order valence-corrected chi connectivity index (χ2v) is 2.91. The molecular formula is C8H16. The van der Waals surface area contributed by atoms with E-state index in [0.717, 1.165) is 11.8 Å². The van der Waals surface area contributed by atoms with Crippen molar-refractivity contribution in [1.29, 1.82) is 0 Å². The Morgan fingerprint density at radius 2 is 1.38 bits per heavy atom. The summed E-state index contributed by atoms with van der Waals surface area (Å²) >= 11 is 0. The maximum absolute atomic E-state index is 2.31. The Morgan fingerprint density at radius 1 is 1.00 bits per heavy atom. The van der Waals surface area contributed by atoms with Gasteiger partial charge in [-0.3, -0.25) is 0 Å². The van der Waals surface area contributed by atoms with Crippen molar-refractivity contribution in [2.45, 2.75) is 39.5 Å². The molecule has 8 heavy (non-hydrogen) atoms. The molecule has 0 heterocycles. The molecule has 1 rings (SSSR count). The van der Waals surface area contributed by atoms with Gasteiger partial charge in [0.1, 0.15) is 0 Å². The average molecular weight is 112 g/mol. The van der Waals surface area contributed by atoms with Gasteiger partial charge in [0.15, 0.2) is 0 Å². The minimum Gasteiger partial charge on any atom is -0.0651 e. The van der Waals surface area contributed by atoms with Crippen molar-refractivity contribution in [3.05, 3.63) is 0 Å². The number of rotatable bonds is 2. The smallest absolute Gasteiger partial charge is 0.0388 e. The molecule has 0 aromatic rings. The van der Waals surface area contributed by atoms with Crippen LogP contribution in [0.2, 0.25) is 0 Å². The molecule has 0 bridgehead atoms. The van der Waals surface area contributed by atoms with Crippen LogP contribution in [-0.4, -0.2) is 0 Å². The van der Waals surface area contributed by atoms with Gasteiger partial charge in [-0.05, 0) is 24.7 Å². The van der Waals surface area contributed by atoms with Crippen LogP contribution >= 0.6 is 0 Å². The highest BCUT2D eigenvalue weighted by molar-refractivity contribution is 4.77. The molecule has 0 aromatic heterocycles.